The fraction of sp³-hybridized carbons (Fsp3) is 0.250. The summed E-state index contributed by atoms with van der Waals surface area (Å²) >= 11 is 0. The van der Waals surface area contributed by atoms with Crippen LogP contribution in [-0.2, 0) is 16.0 Å². The van der Waals surface area contributed by atoms with Crippen LogP contribution in [0.5, 0.6) is 0 Å². The molecule has 5 rings (SSSR count). The van der Waals surface area contributed by atoms with Gasteiger partial charge in [0.25, 0.3) is 5.78 Å². The molecule has 1 fully saturated rings. The Bertz CT molecular complexity index is 1190. The summed E-state index contributed by atoms with van der Waals surface area (Å²) in [5, 5.41) is 7.77. The van der Waals surface area contributed by atoms with Crippen LogP contribution in [0.4, 0.5) is 5.82 Å². The molecule has 32 heavy (non-hydrogen) atoms. The maximum atomic E-state index is 13.5. The Morgan fingerprint density at radius 3 is 2.50 bits per heavy atom. The van der Waals surface area contributed by atoms with E-state index in [-0.39, 0.29) is 5.91 Å². The fourth-order valence-electron chi connectivity index (χ4n) is 3.90. The molecule has 8 heteroatoms. The van der Waals surface area contributed by atoms with Crippen molar-refractivity contribution in [3.63, 3.8) is 0 Å². The lowest BCUT2D eigenvalue weighted by Crippen LogP contribution is -2.49. The molecule has 162 valence electrons. The molecule has 1 unspecified atom stereocenters. The zero-order valence-corrected chi connectivity index (χ0v) is 17.6. The standard InChI is InChI=1S/C24H24N6O2/c31-23(29-11-13-32-14-12-29)21(15-18-7-3-1-4-8-18)27-22-16-20(19-9-5-2-6-10-19)28-24-25-17-26-30(22)24/h1-10,16-17,21,27H,11-15H2. The monoisotopic (exact) mass is 428 g/mol. The lowest BCUT2D eigenvalue weighted by Gasteiger charge is -2.31. The minimum absolute atomic E-state index is 0.0449. The molecular weight excluding hydrogens is 404 g/mol. The Morgan fingerprint density at radius 2 is 1.75 bits per heavy atom. The van der Waals surface area contributed by atoms with E-state index in [1.165, 1.54) is 6.33 Å². The van der Waals surface area contributed by atoms with Gasteiger partial charge in [-0.05, 0) is 5.56 Å². The second-order valence-corrected chi connectivity index (χ2v) is 7.69. The molecule has 1 atom stereocenters. The maximum absolute atomic E-state index is 13.5. The predicted molar refractivity (Wildman–Crippen MR) is 121 cm³/mol. The van der Waals surface area contributed by atoms with Crippen LogP contribution in [0.25, 0.3) is 17.0 Å². The number of rotatable bonds is 6. The third-order valence-corrected chi connectivity index (χ3v) is 5.55. The highest BCUT2D eigenvalue weighted by Crippen LogP contribution is 2.22. The minimum Gasteiger partial charge on any atom is -0.378 e. The van der Waals surface area contributed by atoms with Gasteiger partial charge in [0.15, 0.2) is 0 Å². The summed E-state index contributed by atoms with van der Waals surface area (Å²) in [7, 11) is 0. The molecule has 0 saturated carbocycles. The second-order valence-electron chi connectivity index (χ2n) is 7.69. The van der Waals surface area contributed by atoms with Crippen LogP contribution in [0, 0.1) is 0 Å². The van der Waals surface area contributed by atoms with E-state index in [2.05, 4.69) is 20.4 Å². The van der Waals surface area contributed by atoms with Crippen LogP contribution in [0.3, 0.4) is 0 Å². The highest BCUT2D eigenvalue weighted by molar-refractivity contribution is 5.85. The molecule has 1 saturated heterocycles. The summed E-state index contributed by atoms with van der Waals surface area (Å²) in [6, 6.07) is 21.4. The molecule has 1 aliphatic rings. The van der Waals surface area contributed by atoms with Gasteiger partial charge >= 0.3 is 0 Å². The SMILES string of the molecule is O=C(C(Cc1ccccc1)Nc1cc(-c2ccccc2)nc2ncnn12)N1CCOCC1. The van der Waals surface area contributed by atoms with Gasteiger partial charge in [-0.15, -0.1) is 0 Å². The summed E-state index contributed by atoms with van der Waals surface area (Å²) in [5.41, 5.74) is 2.82. The van der Waals surface area contributed by atoms with E-state index < -0.39 is 6.04 Å². The maximum Gasteiger partial charge on any atom is 0.254 e. The van der Waals surface area contributed by atoms with Crippen molar-refractivity contribution in [2.75, 3.05) is 31.6 Å². The second kappa shape index (κ2) is 9.15. The number of hydrogen-bond acceptors (Lipinski definition) is 6. The van der Waals surface area contributed by atoms with Crippen LogP contribution in [0.2, 0.25) is 0 Å². The summed E-state index contributed by atoms with van der Waals surface area (Å²) in [6.45, 7) is 2.31. The molecule has 1 N–H and O–H groups in total. The zero-order valence-electron chi connectivity index (χ0n) is 17.6. The normalized spacial score (nSPS) is 14.9. The molecule has 1 aliphatic heterocycles. The third kappa shape index (κ3) is 4.31. The Labute approximate surface area is 185 Å². The number of anilines is 1. The van der Waals surface area contributed by atoms with Crippen molar-refractivity contribution >= 4 is 17.5 Å². The van der Waals surface area contributed by atoms with Crippen molar-refractivity contribution in [1.82, 2.24) is 24.5 Å². The highest BCUT2D eigenvalue weighted by atomic mass is 16.5. The zero-order chi connectivity index (χ0) is 21.8. The quantitative estimate of drug-likeness (QED) is 0.508. The number of ether oxygens (including phenoxy) is 1. The Morgan fingerprint density at radius 1 is 1.03 bits per heavy atom. The number of amides is 1. The van der Waals surface area contributed by atoms with Crippen molar-refractivity contribution in [2.45, 2.75) is 12.5 Å². The lowest BCUT2D eigenvalue weighted by molar-refractivity contribution is -0.136. The van der Waals surface area contributed by atoms with Gasteiger partial charge in [-0.25, -0.2) is 4.98 Å². The molecule has 4 aromatic rings. The number of nitrogens with one attached hydrogen (secondary N) is 1. The van der Waals surface area contributed by atoms with Gasteiger partial charge in [0.1, 0.15) is 18.2 Å². The molecule has 1 amide bonds. The van der Waals surface area contributed by atoms with Crippen molar-refractivity contribution in [2.24, 2.45) is 0 Å². The molecule has 0 bridgehead atoms. The topological polar surface area (TPSA) is 84.7 Å². The van der Waals surface area contributed by atoms with E-state index in [9.17, 15) is 4.79 Å². The van der Waals surface area contributed by atoms with Crippen molar-refractivity contribution in [3.05, 3.63) is 78.6 Å². The number of carbonyl (C=O) groups excluding carboxylic acids is 1. The average molecular weight is 428 g/mol. The van der Waals surface area contributed by atoms with Gasteiger partial charge < -0.3 is 15.0 Å². The third-order valence-electron chi connectivity index (χ3n) is 5.55. The molecule has 2 aromatic carbocycles. The summed E-state index contributed by atoms with van der Waals surface area (Å²) in [5.74, 6) is 1.20. The number of morpholine rings is 1. The first-order valence-corrected chi connectivity index (χ1v) is 10.7. The van der Waals surface area contributed by atoms with E-state index in [0.29, 0.717) is 44.3 Å². The van der Waals surface area contributed by atoms with Crippen LogP contribution >= 0.6 is 0 Å². The number of fused-ring (bicyclic) bond motifs is 1. The van der Waals surface area contributed by atoms with E-state index in [1.807, 2.05) is 71.6 Å². The number of carbonyl (C=O) groups is 1. The average Bonchev–Trinajstić information content (AvgIpc) is 3.34. The van der Waals surface area contributed by atoms with E-state index >= 15 is 0 Å². The van der Waals surface area contributed by atoms with Crippen LogP contribution < -0.4 is 5.32 Å². The molecular formula is C24H24N6O2. The van der Waals surface area contributed by atoms with Crippen LogP contribution in [0.1, 0.15) is 5.56 Å². The smallest absolute Gasteiger partial charge is 0.254 e. The van der Waals surface area contributed by atoms with Gasteiger partial charge in [0.05, 0.1) is 18.9 Å². The first-order valence-electron chi connectivity index (χ1n) is 10.7. The van der Waals surface area contributed by atoms with E-state index in [4.69, 9.17) is 4.74 Å². The molecule has 8 nitrogen and oxygen atoms in total. The number of nitrogens with zero attached hydrogens (tertiary/aromatic N) is 5. The van der Waals surface area contributed by atoms with E-state index in [0.717, 1.165) is 16.8 Å². The van der Waals surface area contributed by atoms with Gasteiger partial charge in [-0.1, -0.05) is 60.7 Å². The van der Waals surface area contributed by atoms with Gasteiger partial charge in [-0.2, -0.15) is 14.6 Å². The predicted octanol–water partition coefficient (Wildman–Crippen LogP) is 2.67. The van der Waals surface area contributed by atoms with Gasteiger partial charge in [-0.3, -0.25) is 4.79 Å². The number of benzene rings is 2. The van der Waals surface area contributed by atoms with Gasteiger partial charge in [0.2, 0.25) is 5.91 Å². The summed E-state index contributed by atoms with van der Waals surface area (Å²) in [4.78, 5) is 24.3. The molecule has 2 aromatic heterocycles. The minimum atomic E-state index is -0.464. The molecule has 3 heterocycles. The number of hydrogen-bond donors (Lipinski definition) is 1. The van der Waals surface area contributed by atoms with Crippen LogP contribution in [0.15, 0.2) is 73.1 Å². The molecule has 0 aliphatic carbocycles. The first kappa shape index (κ1) is 20.1. The fourth-order valence-corrected chi connectivity index (χ4v) is 3.90. The van der Waals surface area contributed by atoms with Crippen molar-refractivity contribution in [3.8, 4) is 11.3 Å². The van der Waals surface area contributed by atoms with Crippen molar-refractivity contribution in [1.29, 1.82) is 0 Å². The molecule has 0 spiro atoms. The van der Waals surface area contributed by atoms with Gasteiger partial charge in [0, 0.05) is 31.1 Å². The largest absolute Gasteiger partial charge is 0.378 e. The first-order chi connectivity index (χ1) is 15.8. The summed E-state index contributed by atoms with van der Waals surface area (Å²) < 4.78 is 7.07. The Kier molecular flexibility index (Phi) is 5.76. The molecule has 0 radical (unpaired) electrons. The van der Waals surface area contributed by atoms with Crippen LogP contribution in [-0.4, -0.2) is 62.7 Å². The Balaban J connectivity index is 1.51. The van der Waals surface area contributed by atoms with Crippen molar-refractivity contribution < 1.29 is 9.53 Å². The Hall–Kier alpha value is -3.78. The van der Waals surface area contributed by atoms with E-state index in [1.54, 1.807) is 4.52 Å². The summed E-state index contributed by atoms with van der Waals surface area (Å²) in [6.07, 6.45) is 2.02. The number of aromatic nitrogens is 4. The lowest BCUT2D eigenvalue weighted by atomic mass is 10.0. The highest BCUT2D eigenvalue weighted by Gasteiger charge is 2.27.